The average Bonchev–Trinajstić information content (AvgIpc) is 2.67. The van der Waals surface area contributed by atoms with E-state index in [9.17, 15) is 20.4 Å². The molecule has 154 valence electrons. The Bertz CT molecular complexity index is 510. The highest BCUT2D eigenvalue weighted by atomic mass is 32.2. The second-order valence-electron chi connectivity index (χ2n) is 4.84. The molecule has 13 nitrogen and oxygen atoms in total. The van der Waals surface area contributed by atoms with Crippen molar-refractivity contribution < 1.29 is 35.1 Å². The van der Waals surface area contributed by atoms with Gasteiger partial charge >= 0.3 is 0 Å². The van der Waals surface area contributed by atoms with Gasteiger partial charge in [0, 0.05) is 44.4 Å². The summed E-state index contributed by atoms with van der Waals surface area (Å²) in [5.41, 5.74) is 0. The zero-order chi connectivity index (χ0) is 19.9. The van der Waals surface area contributed by atoms with E-state index < -0.39 is 0 Å². The van der Waals surface area contributed by atoms with Crippen LogP contribution in [0.5, 0.6) is 0 Å². The molecule has 0 spiro atoms. The van der Waals surface area contributed by atoms with Crippen LogP contribution in [-0.2, 0) is 9.37 Å². The Hall–Kier alpha value is -1.65. The molecule has 27 heavy (non-hydrogen) atoms. The minimum atomic E-state index is -0.175. The van der Waals surface area contributed by atoms with Gasteiger partial charge in [-0.05, 0) is 0 Å². The fraction of sp³-hybridized carbons (Fsp3) is 0.692. The molecule has 1 aromatic rings. The third-order valence-electron chi connectivity index (χ3n) is 3.07. The van der Waals surface area contributed by atoms with E-state index in [1.807, 2.05) is 0 Å². The number of rotatable bonds is 15. The molecule has 0 fully saturated rings. The topological polar surface area (TPSA) is 177 Å². The van der Waals surface area contributed by atoms with Gasteiger partial charge in [0.15, 0.2) is 0 Å². The molecule has 1 heterocycles. The maximum absolute atomic E-state index is 9.22. The molecule has 1 rings (SSSR count). The molecule has 0 aliphatic heterocycles. The van der Waals surface area contributed by atoms with Crippen LogP contribution in [0.4, 0.5) is 17.8 Å². The van der Waals surface area contributed by atoms with Gasteiger partial charge in [-0.1, -0.05) is 5.04 Å². The molecular formula is C13H24N6O7S. The molecule has 0 radical (unpaired) electrons. The first-order valence-electron chi connectivity index (χ1n) is 8.01. The van der Waals surface area contributed by atoms with Gasteiger partial charge < -0.3 is 30.2 Å². The monoisotopic (exact) mass is 408 g/mol. The van der Waals surface area contributed by atoms with Crippen molar-refractivity contribution in [3.63, 3.8) is 0 Å². The van der Waals surface area contributed by atoms with Crippen LogP contribution in [0.15, 0.2) is 4.99 Å². The van der Waals surface area contributed by atoms with Gasteiger partial charge in [-0.15, -0.1) is 4.33 Å². The number of aromatic nitrogens is 3. The lowest BCUT2D eigenvalue weighted by atomic mass is 10.5. The summed E-state index contributed by atoms with van der Waals surface area (Å²) in [6.45, 7) is 0.0415. The molecule has 14 heteroatoms. The zero-order valence-electron chi connectivity index (χ0n) is 14.6. The first-order chi connectivity index (χ1) is 13.2. The van der Waals surface area contributed by atoms with Gasteiger partial charge in [-0.2, -0.15) is 15.0 Å². The van der Waals surface area contributed by atoms with E-state index >= 15 is 0 Å². The molecule has 0 aliphatic rings. The van der Waals surface area contributed by atoms with Gasteiger partial charge in [-0.3, -0.25) is 0 Å². The largest absolute Gasteiger partial charge is 0.395 e. The SMILES string of the molecule is OCCN(CCO)c1nc(/N=C/CSOOO)nc(N(CCO)CCO)n1. The van der Waals surface area contributed by atoms with E-state index in [1.54, 1.807) is 9.80 Å². The van der Waals surface area contributed by atoms with Gasteiger partial charge in [0.1, 0.15) is 0 Å². The van der Waals surface area contributed by atoms with Crippen LogP contribution in [0.25, 0.3) is 0 Å². The van der Waals surface area contributed by atoms with Crippen LogP contribution in [-0.4, -0.2) is 105 Å². The molecule has 0 saturated carbocycles. The van der Waals surface area contributed by atoms with Gasteiger partial charge in [0.25, 0.3) is 5.95 Å². The standard InChI is InChI=1S/C13H24N6O7S/c20-6-2-18(3-7-21)12-15-11(14-1-10-27-26-25-24)16-13(17-12)19(4-8-22)5-9-23/h1,20-24H,2-10H2/b14-1+. The maximum atomic E-state index is 9.22. The highest BCUT2D eigenvalue weighted by Gasteiger charge is 2.16. The van der Waals surface area contributed by atoms with Gasteiger partial charge in [0.2, 0.25) is 11.9 Å². The molecule has 5 N–H and O–H groups in total. The predicted octanol–water partition coefficient (Wildman–Crippen LogP) is -1.77. The minimum Gasteiger partial charge on any atom is -0.395 e. The van der Waals surface area contributed by atoms with Crippen molar-refractivity contribution in [3.8, 4) is 0 Å². The van der Waals surface area contributed by atoms with Crippen molar-refractivity contribution in [1.82, 2.24) is 15.0 Å². The number of aliphatic imine (C=N–C) groups is 1. The van der Waals surface area contributed by atoms with Gasteiger partial charge in [0.05, 0.1) is 32.2 Å². The van der Waals surface area contributed by atoms with Crippen LogP contribution in [0, 0.1) is 0 Å². The lowest BCUT2D eigenvalue weighted by molar-refractivity contribution is -0.432. The number of aliphatic hydroxyl groups is 4. The number of aliphatic hydroxyl groups excluding tert-OH is 4. The van der Waals surface area contributed by atoms with Crippen LogP contribution in [0.3, 0.4) is 0 Å². The summed E-state index contributed by atoms with van der Waals surface area (Å²) >= 11 is 0.780. The number of hydrogen-bond acceptors (Lipinski definition) is 14. The number of anilines is 2. The van der Waals surface area contributed by atoms with Crippen molar-refractivity contribution in [2.45, 2.75) is 0 Å². The predicted molar refractivity (Wildman–Crippen MR) is 98.0 cm³/mol. The summed E-state index contributed by atoms with van der Waals surface area (Å²) in [6.07, 6.45) is 1.41. The fourth-order valence-corrected chi connectivity index (χ4v) is 2.22. The summed E-state index contributed by atoms with van der Waals surface area (Å²) in [5.74, 6) is 0.630. The summed E-state index contributed by atoms with van der Waals surface area (Å²) in [6, 6.07) is 0. The van der Waals surface area contributed by atoms with Crippen LogP contribution in [0.1, 0.15) is 0 Å². The van der Waals surface area contributed by atoms with Crippen LogP contribution in [0.2, 0.25) is 0 Å². The summed E-state index contributed by atoms with van der Waals surface area (Å²) in [7, 11) is 0. The molecular weight excluding hydrogens is 384 g/mol. The highest BCUT2D eigenvalue weighted by molar-refractivity contribution is 7.95. The quantitative estimate of drug-likeness (QED) is 0.0724. The van der Waals surface area contributed by atoms with Crippen LogP contribution >= 0.6 is 12.0 Å². The average molecular weight is 408 g/mol. The van der Waals surface area contributed by atoms with E-state index in [1.165, 1.54) is 6.21 Å². The Morgan fingerprint density at radius 1 is 0.852 bits per heavy atom. The molecule has 0 aliphatic carbocycles. The molecule has 0 unspecified atom stereocenters. The Balaban J connectivity index is 3.15. The molecule has 0 amide bonds. The molecule has 1 aromatic heterocycles. The molecule has 0 aromatic carbocycles. The van der Waals surface area contributed by atoms with E-state index in [2.05, 4.69) is 29.3 Å². The molecule has 0 bridgehead atoms. The van der Waals surface area contributed by atoms with E-state index in [0.717, 1.165) is 12.0 Å². The normalized spacial score (nSPS) is 11.3. The lowest BCUT2D eigenvalue weighted by Gasteiger charge is -2.24. The fourth-order valence-electron chi connectivity index (χ4n) is 1.99. The Kier molecular flexibility index (Phi) is 12.5. The van der Waals surface area contributed by atoms with Crippen molar-refractivity contribution in [1.29, 1.82) is 0 Å². The zero-order valence-corrected chi connectivity index (χ0v) is 15.4. The Morgan fingerprint density at radius 2 is 1.33 bits per heavy atom. The van der Waals surface area contributed by atoms with E-state index in [0.29, 0.717) is 0 Å². The number of hydrogen-bond donors (Lipinski definition) is 5. The Labute approximate surface area is 160 Å². The van der Waals surface area contributed by atoms with Crippen molar-refractivity contribution >= 4 is 36.1 Å². The van der Waals surface area contributed by atoms with Crippen molar-refractivity contribution in [2.75, 3.05) is 68.2 Å². The first-order valence-corrected chi connectivity index (χ1v) is 8.92. The highest BCUT2D eigenvalue weighted by Crippen LogP contribution is 2.18. The lowest BCUT2D eigenvalue weighted by Crippen LogP contribution is -2.34. The summed E-state index contributed by atoms with van der Waals surface area (Å²) < 4.78 is 4.22. The molecule has 0 atom stereocenters. The smallest absolute Gasteiger partial charge is 0.255 e. The summed E-state index contributed by atoms with van der Waals surface area (Å²) in [5, 5.41) is 48.4. The van der Waals surface area contributed by atoms with Crippen molar-refractivity contribution in [2.24, 2.45) is 4.99 Å². The van der Waals surface area contributed by atoms with Gasteiger partial charge in [-0.25, -0.2) is 10.2 Å². The minimum absolute atomic E-state index is 0.0438. The van der Waals surface area contributed by atoms with E-state index in [-0.39, 0.29) is 76.2 Å². The summed E-state index contributed by atoms with van der Waals surface area (Å²) in [4.78, 5) is 19.9. The maximum Gasteiger partial charge on any atom is 0.255 e. The second-order valence-corrected chi connectivity index (χ2v) is 5.55. The Morgan fingerprint density at radius 3 is 1.74 bits per heavy atom. The van der Waals surface area contributed by atoms with E-state index in [4.69, 9.17) is 5.26 Å². The third-order valence-corrected chi connectivity index (χ3v) is 3.52. The number of nitrogens with zero attached hydrogens (tertiary/aromatic N) is 6. The second kappa shape index (κ2) is 14.4. The first kappa shape index (κ1) is 23.4. The van der Waals surface area contributed by atoms with Crippen molar-refractivity contribution in [3.05, 3.63) is 0 Å². The third kappa shape index (κ3) is 8.72. The molecule has 0 saturated heterocycles. The van der Waals surface area contributed by atoms with Crippen LogP contribution < -0.4 is 9.80 Å².